The van der Waals surface area contributed by atoms with Crippen molar-refractivity contribution in [2.24, 2.45) is 0 Å². The summed E-state index contributed by atoms with van der Waals surface area (Å²) in [5.74, 6) is 0.504. The van der Waals surface area contributed by atoms with Gasteiger partial charge in [0.1, 0.15) is 25.6 Å². The molecule has 1 amide bonds. The topological polar surface area (TPSA) is 120 Å². The Morgan fingerprint density at radius 2 is 1.61 bits per heavy atom. The Balaban J connectivity index is 1.28. The average molecular weight is 694 g/mol. The van der Waals surface area contributed by atoms with Crippen molar-refractivity contribution in [2.75, 3.05) is 24.7 Å². The summed E-state index contributed by atoms with van der Waals surface area (Å²) < 4.78 is 24.1. The molecule has 49 heavy (non-hydrogen) atoms. The Labute approximate surface area is 290 Å². The van der Waals surface area contributed by atoms with E-state index in [1.165, 1.54) is 28.0 Å². The summed E-state index contributed by atoms with van der Waals surface area (Å²) in [5.41, 5.74) is 2.82. The molecule has 7 rings (SSSR count). The molecule has 1 atom stereocenters. The van der Waals surface area contributed by atoms with Crippen molar-refractivity contribution in [1.29, 1.82) is 0 Å². The van der Waals surface area contributed by atoms with Crippen LogP contribution in [0.4, 0.5) is 5.13 Å². The van der Waals surface area contributed by atoms with Crippen LogP contribution < -0.4 is 23.8 Å². The van der Waals surface area contributed by atoms with Crippen LogP contribution in [0.25, 0.3) is 5.76 Å². The lowest BCUT2D eigenvalue weighted by Gasteiger charge is -2.24. The lowest BCUT2D eigenvalue weighted by atomic mass is 9.95. The van der Waals surface area contributed by atoms with Crippen molar-refractivity contribution < 1.29 is 33.6 Å². The molecule has 248 valence electrons. The summed E-state index contributed by atoms with van der Waals surface area (Å²) in [4.78, 5) is 29.0. The van der Waals surface area contributed by atoms with Gasteiger partial charge < -0.3 is 24.1 Å². The zero-order valence-electron chi connectivity index (χ0n) is 26.4. The fourth-order valence-electron chi connectivity index (χ4n) is 5.59. The number of anilines is 1. The number of amides is 1. The van der Waals surface area contributed by atoms with E-state index in [1.54, 1.807) is 36.4 Å². The Morgan fingerprint density at radius 3 is 2.37 bits per heavy atom. The molecule has 0 saturated carbocycles. The van der Waals surface area contributed by atoms with E-state index in [4.69, 9.17) is 18.9 Å². The van der Waals surface area contributed by atoms with E-state index in [-0.39, 0.29) is 16.5 Å². The molecule has 5 aromatic rings. The van der Waals surface area contributed by atoms with Gasteiger partial charge in [-0.3, -0.25) is 14.5 Å². The lowest BCUT2D eigenvalue weighted by molar-refractivity contribution is -0.132. The van der Waals surface area contributed by atoms with Crippen LogP contribution >= 0.6 is 23.1 Å². The number of benzene rings is 4. The first-order chi connectivity index (χ1) is 24.0. The highest BCUT2D eigenvalue weighted by Crippen LogP contribution is 2.46. The molecular formula is C37H31N3O7S2. The molecule has 0 radical (unpaired) electrons. The summed E-state index contributed by atoms with van der Waals surface area (Å²) in [6.07, 6.45) is 0. The fourth-order valence-corrected chi connectivity index (χ4v) is 7.41. The number of ketones is 1. The second kappa shape index (κ2) is 14.4. The van der Waals surface area contributed by atoms with Crippen molar-refractivity contribution in [3.05, 3.63) is 125 Å². The summed E-state index contributed by atoms with van der Waals surface area (Å²) in [7, 11) is 0. The molecule has 2 aliphatic heterocycles. The highest BCUT2D eigenvalue weighted by molar-refractivity contribution is 8.00. The van der Waals surface area contributed by atoms with E-state index < -0.39 is 17.7 Å². The number of thioether (sulfide) groups is 1. The van der Waals surface area contributed by atoms with Gasteiger partial charge in [0.2, 0.25) is 5.13 Å². The van der Waals surface area contributed by atoms with Crippen molar-refractivity contribution in [3.63, 3.8) is 0 Å². The van der Waals surface area contributed by atoms with Gasteiger partial charge in [-0.05, 0) is 53.9 Å². The highest BCUT2D eigenvalue weighted by atomic mass is 32.2. The van der Waals surface area contributed by atoms with Gasteiger partial charge in [-0.25, -0.2) is 0 Å². The molecule has 1 unspecified atom stereocenters. The molecule has 1 N–H and O–H groups in total. The average Bonchev–Trinajstić information content (AvgIpc) is 3.72. The Hall–Kier alpha value is -5.33. The molecule has 2 aliphatic rings. The molecule has 12 heteroatoms. The lowest BCUT2D eigenvalue weighted by Crippen LogP contribution is -2.29. The Bertz CT molecular complexity index is 2020. The second-order valence-electron chi connectivity index (χ2n) is 11.1. The number of hydrogen-bond acceptors (Lipinski definition) is 11. The first-order valence-corrected chi connectivity index (χ1v) is 17.4. The molecule has 4 aromatic carbocycles. The Kier molecular flexibility index (Phi) is 9.49. The van der Waals surface area contributed by atoms with Crippen molar-refractivity contribution in [3.8, 4) is 23.0 Å². The molecule has 1 aromatic heterocycles. The normalized spacial score (nSPS) is 16.5. The van der Waals surface area contributed by atoms with Crippen LogP contribution in [0.3, 0.4) is 0 Å². The monoisotopic (exact) mass is 693 g/mol. The molecule has 10 nitrogen and oxygen atoms in total. The maximum Gasteiger partial charge on any atom is 0.301 e. The molecular weight excluding hydrogens is 663 g/mol. The van der Waals surface area contributed by atoms with Crippen LogP contribution in [0, 0.1) is 0 Å². The van der Waals surface area contributed by atoms with E-state index in [0.717, 1.165) is 11.1 Å². The molecule has 0 bridgehead atoms. The SMILES string of the molecule is CCOc1cc(C2/C(=C(\O)c3ccc4c(c3)OCCO4)C(=O)C(=O)N2c2nnc(SCc3ccccc3)s2)ccc1OCc1ccccc1. The molecule has 1 fully saturated rings. The summed E-state index contributed by atoms with van der Waals surface area (Å²) in [5, 5.41) is 20.6. The fraction of sp³-hybridized carbons (Fsp3) is 0.189. The van der Waals surface area contributed by atoms with Crippen LogP contribution in [0.15, 0.2) is 107 Å². The number of fused-ring (bicyclic) bond motifs is 1. The zero-order chi connectivity index (χ0) is 33.7. The minimum Gasteiger partial charge on any atom is -0.507 e. The maximum absolute atomic E-state index is 13.9. The van der Waals surface area contributed by atoms with Gasteiger partial charge in [0.25, 0.3) is 5.78 Å². The molecule has 3 heterocycles. The Morgan fingerprint density at radius 1 is 0.878 bits per heavy atom. The number of ether oxygens (including phenoxy) is 4. The summed E-state index contributed by atoms with van der Waals surface area (Å²) >= 11 is 2.68. The third-order valence-electron chi connectivity index (χ3n) is 7.89. The van der Waals surface area contributed by atoms with Gasteiger partial charge in [0.05, 0.1) is 18.2 Å². The number of hydrogen-bond donors (Lipinski definition) is 1. The van der Waals surface area contributed by atoms with E-state index in [1.807, 2.05) is 67.6 Å². The third-order valence-corrected chi connectivity index (χ3v) is 10.0. The quantitative estimate of drug-likeness (QED) is 0.0500. The minimum atomic E-state index is -1.05. The third kappa shape index (κ3) is 6.83. The van der Waals surface area contributed by atoms with Crippen LogP contribution in [-0.4, -0.2) is 46.8 Å². The van der Waals surface area contributed by atoms with Crippen LogP contribution in [0.5, 0.6) is 23.0 Å². The van der Waals surface area contributed by atoms with Crippen LogP contribution in [0.2, 0.25) is 0 Å². The van der Waals surface area contributed by atoms with E-state index >= 15 is 0 Å². The number of aliphatic hydroxyl groups excluding tert-OH is 1. The number of rotatable bonds is 11. The van der Waals surface area contributed by atoms with Crippen molar-refractivity contribution in [1.82, 2.24) is 10.2 Å². The molecule has 1 saturated heterocycles. The standard InChI is InChI=1S/C37H31N3O7S2/c1-2-44-29-19-25(13-15-28(29)47-21-23-9-5-3-6-10-23)32-31(33(41)26-14-16-27-30(20-26)46-18-17-45-27)34(42)35(43)40(32)36-38-39-37(49-36)48-22-24-11-7-4-8-12-24/h3-16,19-20,32,41H,2,17-18,21-22H2,1H3/b33-31+. The van der Waals surface area contributed by atoms with E-state index in [2.05, 4.69) is 10.2 Å². The van der Waals surface area contributed by atoms with E-state index in [0.29, 0.717) is 70.6 Å². The number of aromatic nitrogens is 2. The van der Waals surface area contributed by atoms with Gasteiger partial charge in [-0.15, -0.1) is 10.2 Å². The minimum absolute atomic E-state index is 0.101. The smallest absolute Gasteiger partial charge is 0.301 e. The summed E-state index contributed by atoms with van der Waals surface area (Å²) in [6.45, 7) is 3.28. The number of Topliss-reactive ketones (excluding diaryl/α,β-unsaturated/α-hetero) is 1. The number of carbonyl (C=O) groups excluding carboxylic acids is 2. The number of nitrogens with zero attached hydrogens (tertiary/aromatic N) is 3. The molecule has 0 spiro atoms. The van der Waals surface area contributed by atoms with Gasteiger partial charge in [0, 0.05) is 11.3 Å². The predicted octanol–water partition coefficient (Wildman–Crippen LogP) is 7.21. The summed E-state index contributed by atoms with van der Waals surface area (Å²) in [6, 6.07) is 28.8. The maximum atomic E-state index is 13.9. The van der Waals surface area contributed by atoms with E-state index in [9.17, 15) is 14.7 Å². The largest absolute Gasteiger partial charge is 0.507 e. The number of aliphatic hydroxyl groups is 1. The van der Waals surface area contributed by atoms with Crippen molar-refractivity contribution in [2.45, 2.75) is 29.7 Å². The van der Waals surface area contributed by atoms with Crippen LogP contribution in [0.1, 0.15) is 35.2 Å². The van der Waals surface area contributed by atoms with Gasteiger partial charge in [0.15, 0.2) is 27.3 Å². The van der Waals surface area contributed by atoms with Gasteiger partial charge in [-0.2, -0.15) is 0 Å². The predicted molar refractivity (Wildman–Crippen MR) is 187 cm³/mol. The first-order valence-electron chi connectivity index (χ1n) is 15.6. The van der Waals surface area contributed by atoms with Crippen LogP contribution in [-0.2, 0) is 21.9 Å². The number of carbonyl (C=O) groups is 2. The highest BCUT2D eigenvalue weighted by Gasteiger charge is 2.48. The van der Waals surface area contributed by atoms with Gasteiger partial charge >= 0.3 is 5.91 Å². The zero-order valence-corrected chi connectivity index (χ0v) is 28.0. The first kappa shape index (κ1) is 32.2. The van der Waals surface area contributed by atoms with Crippen molar-refractivity contribution >= 4 is 45.7 Å². The second-order valence-corrected chi connectivity index (χ2v) is 13.2. The van der Waals surface area contributed by atoms with Gasteiger partial charge in [-0.1, -0.05) is 89.8 Å². The molecule has 0 aliphatic carbocycles.